The quantitative estimate of drug-likeness (QED) is 0.825. The van der Waals surface area contributed by atoms with Gasteiger partial charge in [-0.2, -0.15) is 0 Å². The van der Waals surface area contributed by atoms with Crippen LogP contribution >= 0.6 is 0 Å². The molecule has 0 saturated heterocycles. The Labute approximate surface area is 87.8 Å². The first kappa shape index (κ1) is 12.7. The van der Waals surface area contributed by atoms with E-state index >= 15 is 0 Å². The minimum atomic E-state index is -5.00. The van der Waals surface area contributed by atoms with E-state index in [4.69, 9.17) is 5.73 Å². The Kier molecular flexibility index (Phi) is 3.69. The van der Waals surface area contributed by atoms with Crippen LogP contribution in [-0.2, 0) is 6.54 Å². The lowest BCUT2D eigenvalue weighted by Crippen LogP contribution is -2.19. The second kappa shape index (κ2) is 4.65. The van der Waals surface area contributed by atoms with E-state index in [1.165, 1.54) is 12.1 Å². The SMILES string of the molecule is NCc1cccc(OC(F)(F)F)c1C(F)F. The maximum atomic E-state index is 12.5. The van der Waals surface area contributed by atoms with E-state index in [1.54, 1.807) is 0 Å². The Morgan fingerprint density at radius 2 is 1.88 bits per heavy atom. The van der Waals surface area contributed by atoms with Crippen molar-refractivity contribution in [3.8, 4) is 5.75 Å². The normalized spacial score (nSPS) is 11.9. The fourth-order valence-corrected chi connectivity index (χ4v) is 1.23. The maximum Gasteiger partial charge on any atom is 0.573 e. The third kappa shape index (κ3) is 3.06. The van der Waals surface area contributed by atoms with Crippen LogP contribution in [0.4, 0.5) is 22.0 Å². The molecule has 90 valence electrons. The predicted molar refractivity (Wildman–Crippen MR) is 46.0 cm³/mol. The number of hydrogen-bond donors (Lipinski definition) is 1. The first-order valence-electron chi connectivity index (χ1n) is 4.21. The summed E-state index contributed by atoms with van der Waals surface area (Å²) < 4.78 is 64.4. The summed E-state index contributed by atoms with van der Waals surface area (Å²) in [6.45, 7) is -0.283. The lowest BCUT2D eigenvalue weighted by Gasteiger charge is -2.15. The molecule has 1 aromatic carbocycles. The van der Waals surface area contributed by atoms with Crippen LogP contribution in [0.1, 0.15) is 17.6 Å². The molecule has 0 aromatic heterocycles. The molecule has 2 N–H and O–H groups in total. The number of rotatable bonds is 3. The first-order valence-corrected chi connectivity index (χ1v) is 4.21. The van der Waals surface area contributed by atoms with Crippen molar-refractivity contribution in [1.82, 2.24) is 0 Å². The number of halogens is 5. The topological polar surface area (TPSA) is 35.2 Å². The highest BCUT2D eigenvalue weighted by Gasteiger charge is 2.33. The molecule has 1 rings (SSSR count). The van der Waals surface area contributed by atoms with Crippen LogP contribution in [0.2, 0.25) is 0 Å². The largest absolute Gasteiger partial charge is 0.573 e. The monoisotopic (exact) mass is 241 g/mol. The summed E-state index contributed by atoms with van der Waals surface area (Å²) in [5.41, 5.74) is 4.26. The number of nitrogens with two attached hydrogens (primary N) is 1. The zero-order valence-electron chi connectivity index (χ0n) is 7.89. The summed E-state index contributed by atoms with van der Waals surface area (Å²) in [7, 11) is 0. The highest BCUT2D eigenvalue weighted by atomic mass is 19.4. The Morgan fingerprint density at radius 1 is 1.25 bits per heavy atom. The number of ether oxygens (including phenoxy) is 1. The molecule has 0 unspecified atom stereocenters. The van der Waals surface area contributed by atoms with E-state index in [9.17, 15) is 22.0 Å². The number of alkyl halides is 5. The van der Waals surface area contributed by atoms with Crippen LogP contribution in [-0.4, -0.2) is 6.36 Å². The molecule has 0 saturated carbocycles. The smallest absolute Gasteiger partial charge is 0.405 e. The van der Waals surface area contributed by atoms with Gasteiger partial charge in [0, 0.05) is 6.54 Å². The third-order valence-corrected chi connectivity index (χ3v) is 1.82. The average molecular weight is 241 g/mol. The fraction of sp³-hybridized carbons (Fsp3) is 0.333. The van der Waals surface area contributed by atoms with Gasteiger partial charge in [-0.05, 0) is 11.6 Å². The van der Waals surface area contributed by atoms with Crippen LogP contribution in [0, 0.1) is 0 Å². The lowest BCUT2D eigenvalue weighted by molar-refractivity contribution is -0.275. The molecule has 7 heteroatoms. The molecule has 1 aromatic rings. The third-order valence-electron chi connectivity index (χ3n) is 1.82. The highest BCUT2D eigenvalue weighted by molar-refractivity contribution is 5.41. The minimum Gasteiger partial charge on any atom is -0.405 e. The van der Waals surface area contributed by atoms with E-state index in [2.05, 4.69) is 4.74 Å². The van der Waals surface area contributed by atoms with Crippen LogP contribution in [0.5, 0.6) is 5.75 Å². The Hall–Kier alpha value is -1.37. The summed E-state index contributed by atoms with van der Waals surface area (Å²) in [5.74, 6) is -0.912. The molecule has 0 amide bonds. The van der Waals surface area contributed by atoms with Crippen molar-refractivity contribution in [3.63, 3.8) is 0 Å². The van der Waals surface area contributed by atoms with Crippen LogP contribution < -0.4 is 10.5 Å². The van der Waals surface area contributed by atoms with Gasteiger partial charge in [0.15, 0.2) is 0 Å². The number of hydrogen-bond acceptors (Lipinski definition) is 2. The van der Waals surface area contributed by atoms with Gasteiger partial charge in [-0.25, -0.2) is 8.78 Å². The van der Waals surface area contributed by atoms with E-state index in [0.717, 1.165) is 6.07 Å². The summed E-state index contributed by atoms with van der Waals surface area (Å²) in [5, 5.41) is 0. The Morgan fingerprint density at radius 3 is 2.31 bits per heavy atom. The van der Waals surface area contributed by atoms with Crippen molar-refractivity contribution < 1.29 is 26.7 Å². The first-order chi connectivity index (χ1) is 7.35. The zero-order chi connectivity index (χ0) is 12.3. The van der Waals surface area contributed by atoms with Gasteiger partial charge in [0.05, 0.1) is 5.56 Å². The fourth-order valence-electron chi connectivity index (χ4n) is 1.23. The van der Waals surface area contributed by atoms with Crippen LogP contribution in [0.3, 0.4) is 0 Å². The van der Waals surface area contributed by atoms with Crippen molar-refractivity contribution in [3.05, 3.63) is 29.3 Å². The summed E-state index contributed by atoms with van der Waals surface area (Å²) in [4.78, 5) is 0. The summed E-state index contributed by atoms with van der Waals surface area (Å²) in [6.07, 6.45) is -8.08. The molecule has 0 atom stereocenters. The molecule has 2 nitrogen and oxygen atoms in total. The second-order valence-electron chi connectivity index (χ2n) is 2.88. The van der Waals surface area contributed by atoms with Gasteiger partial charge in [0.1, 0.15) is 5.75 Å². The van der Waals surface area contributed by atoms with Gasteiger partial charge in [-0.3, -0.25) is 0 Å². The molecule has 0 bridgehead atoms. The average Bonchev–Trinajstić information content (AvgIpc) is 2.14. The predicted octanol–water partition coefficient (Wildman–Crippen LogP) is 2.98. The Bertz CT molecular complexity index is 363. The van der Waals surface area contributed by atoms with Gasteiger partial charge in [0.25, 0.3) is 6.43 Å². The standard InChI is InChI=1S/C9H8F5NO/c10-8(11)7-5(4-15)2-1-3-6(7)16-9(12,13)14/h1-3,8H,4,15H2. The number of benzene rings is 1. The molecule has 16 heavy (non-hydrogen) atoms. The van der Waals surface area contributed by atoms with E-state index < -0.39 is 24.1 Å². The van der Waals surface area contributed by atoms with Crippen LogP contribution in [0.25, 0.3) is 0 Å². The maximum absolute atomic E-state index is 12.5. The van der Waals surface area contributed by atoms with Crippen LogP contribution in [0.15, 0.2) is 18.2 Å². The van der Waals surface area contributed by atoms with E-state index in [1.807, 2.05) is 0 Å². The Balaban J connectivity index is 3.17. The molecule has 0 aliphatic heterocycles. The summed E-state index contributed by atoms with van der Waals surface area (Å²) >= 11 is 0. The van der Waals surface area contributed by atoms with Gasteiger partial charge < -0.3 is 10.5 Å². The molecule has 0 heterocycles. The minimum absolute atomic E-state index is 0.0725. The van der Waals surface area contributed by atoms with Crippen molar-refractivity contribution in [2.45, 2.75) is 19.3 Å². The van der Waals surface area contributed by atoms with Gasteiger partial charge >= 0.3 is 6.36 Å². The molecule has 0 spiro atoms. The molecule has 0 fully saturated rings. The molecule has 0 radical (unpaired) electrons. The van der Waals surface area contributed by atoms with Gasteiger partial charge in [-0.1, -0.05) is 12.1 Å². The summed E-state index contributed by atoms with van der Waals surface area (Å²) in [6, 6.07) is 3.23. The molecular formula is C9H8F5NO. The van der Waals surface area contributed by atoms with Crippen molar-refractivity contribution in [2.24, 2.45) is 5.73 Å². The van der Waals surface area contributed by atoms with Gasteiger partial charge in [-0.15, -0.1) is 13.2 Å². The van der Waals surface area contributed by atoms with Gasteiger partial charge in [0.2, 0.25) is 0 Å². The molecule has 0 aliphatic rings. The van der Waals surface area contributed by atoms with E-state index in [0.29, 0.717) is 0 Å². The second-order valence-corrected chi connectivity index (χ2v) is 2.88. The van der Waals surface area contributed by atoms with Crippen molar-refractivity contribution in [2.75, 3.05) is 0 Å². The molecular weight excluding hydrogens is 233 g/mol. The van der Waals surface area contributed by atoms with Crippen molar-refractivity contribution in [1.29, 1.82) is 0 Å². The zero-order valence-corrected chi connectivity index (χ0v) is 7.89. The van der Waals surface area contributed by atoms with E-state index in [-0.39, 0.29) is 12.1 Å². The molecule has 0 aliphatic carbocycles. The lowest BCUT2D eigenvalue weighted by atomic mass is 10.1. The highest BCUT2D eigenvalue weighted by Crippen LogP contribution is 2.35. The van der Waals surface area contributed by atoms with Crippen molar-refractivity contribution >= 4 is 0 Å².